The second-order valence-electron chi connectivity index (χ2n) is 7.60. The van der Waals surface area contributed by atoms with Crippen LogP contribution in [0.5, 0.6) is 5.75 Å². The molecule has 0 radical (unpaired) electrons. The van der Waals surface area contributed by atoms with Crippen molar-refractivity contribution in [2.24, 2.45) is 0 Å². The molecule has 0 fully saturated rings. The lowest BCUT2D eigenvalue weighted by atomic mass is 10.0. The zero-order valence-corrected chi connectivity index (χ0v) is 19.0. The number of carboxylic acids is 1. The van der Waals surface area contributed by atoms with Crippen LogP contribution in [0.15, 0.2) is 89.8 Å². The molecule has 1 atom stereocenters. The van der Waals surface area contributed by atoms with Gasteiger partial charge in [0.2, 0.25) is 0 Å². The molecule has 3 nitrogen and oxygen atoms in total. The summed E-state index contributed by atoms with van der Waals surface area (Å²) in [4.78, 5) is 12.4. The van der Waals surface area contributed by atoms with Gasteiger partial charge in [0.1, 0.15) is 17.1 Å². The van der Waals surface area contributed by atoms with Gasteiger partial charge in [-0.1, -0.05) is 61.5 Å². The van der Waals surface area contributed by atoms with Gasteiger partial charge in [-0.2, -0.15) is 0 Å². The van der Waals surface area contributed by atoms with Gasteiger partial charge in [0.15, 0.2) is 0 Å². The molecule has 31 heavy (non-hydrogen) atoms. The zero-order valence-electron chi connectivity index (χ0n) is 18.2. The van der Waals surface area contributed by atoms with Gasteiger partial charge in [-0.05, 0) is 72.9 Å². The van der Waals surface area contributed by atoms with Crippen molar-refractivity contribution < 1.29 is 14.6 Å². The Kier molecular flexibility index (Phi) is 7.59. The molecule has 0 aliphatic carbocycles. The SMILES string of the molecule is CC[C@@](C)(Sc1ccc(OC/C=C(\C)c2ccc(-c3ccccc3)cc2)cc1)C(=O)O. The molecule has 0 aromatic heterocycles. The number of carboxylic acid groups (broad SMARTS) is 1. The summed E-state index contributed by atoms with van der Waals surface area (Å²) in [7, 11) is 0. The van der Waals surface area contributed by atoms with E-state index in [0.717, 1.165) is 16.2 Å². The van der Waals surface area contributed by atoms with Crippen LogP contribution in [0.25, 0.3) is 16.7 Å². The highest BCUT2D eigenvalue weighted by atomic mass is 32.2. The topological polar surface area (TPSA) is 46.5 Å². The van der Waals surface area contributed by atoms with Gasteiger partial charge < -0.3 is 9.84 Å². The number of hydrogen-bond donors (Lipinski definition) is 1. The summed E-state index contributed by atoms with van der Waals surface area (Å²) in [6.07, 6.45) is 2.63. The standard InChI is InChI=1S/C27H28O3S/c1-4-27(3,26(28)29)31-25-16-14-24(15-17-25)30-19-18-20(2)21-10-12-23(13-11-21)22-8-6-5-7-9-22/h5-18H,4,19H2,1-3H3,(H,28,29)/b20-18+/t27-/m1/s1. The van der Waals surface area contributed by atoms with E-state index in [-0.39, 0.29) is 0 Å². The lowest BCUT2D eigenvalue weighted by Gasteiger charge is -2.22. The van der Waals surface area contributed by atoms with Crippen LogP contribution >= 0.6 is 11.8 Å². The molecule has 0 saturated heterocycles. The number of benzene rings is 3. The van der Waals surface area contributed by atoms with E-state index in [1.165, 1.54) is 28.5 Å². The summed E-state index contributed by atoms with van der Waals surface area (Å²) in [6, 6.07) is 26.5. The van der Waals surface area contributed by atoms with Crippen LogP contribution < -0.4 is 4.74 Å². The Labute approximate surface area is 188 Å². The average Bonchev–Trinajstić information content (AvgIpc) is 2.80. The van der Waals surface area contributed by atoms with Gasteiger partial charge in [0.25, 0.3) is 0 Å². The lowest BCUT2D eigenvalue weighted by molar-refractivity contribution is -0.139. The van der Waals surface area contributed by atoms with Crippen molar-refractivity contribution in [2.75, 3.05) is 6.61 Å². The van der Waals surface area contributed by atoms with Gasteiger partial charge >= 0.3 is 5.97 Å². The molecule has 0 aliphatic heterocycles. The van der Waals surface area contributed by atoms with Crippen molar-refractivity contribution in [3.8, 4) is 16.9 Å². The first-order chi connectivity index (χ1) is 14.9. The summed E-state index contributed by atoms with van der Waals surface area (Å²) in [5.41, 5.74) is 4.74. The Balaban J connectivity index is 1.57. The van der Waals surface area contributed by atoms with Crippen molar-refractivity contribution in [3.05, 3.63) is 90.5 Å². The molecule has 0 amide bonds. The Morgan fingerprint density at radius 3 is 2.16 bits per heavy atom. The number of thioether (sulfide) groups is 1. The van der Waals surface area contributed by atoms with E-state index in [4.69, 9.17) is 4.74 Å². The van der Waals surface area contributed by atoms with E-state index in [0.29, 0.717) is 13.0 Å². The molecule has 0 saturated carbocycles. The smallest absolute Gasteiger partial charge is 0.319 e. The highest BCUT2D eigenvalue weighted by molar-refractivity contribution is 8.01. The van der Waals surface area contributed by atoms with Crippen molar-refractivity contribution in [3.63, 3.8) is 0 Å². The number of aliphatic carboxylic acids is 1. The number of ether oxygens (including phenoxy) is 1. The summed E-state index contributed by atoms with van der Waals surface area (Å²) >= 11 is 1.37. The lowest BCUT2D eigenvalue weighted by Crippen LogP contribution is -2.30. The predicted molar refractivity (Wildman–Crippen MR) is 130 cm³/mol. The molecule has 3 aromatic carbocycles. The maximum absolute atomic E-state index is 11.5. The van der Waals surface area contributed by atoms with E-state index in [2.05, 4.69) is 49.4 Å². The highest BCUT2D eigenvalue weighted by Crippen LogP contribution is 2.36. The van der Waals surface area contributed by atoms with Gasteiger partial charge in [-0.15, -0.1) is 11.8 Å². The second-order valence-corrected chi connectivity index (χ2v) is 9.18. The molecule has 4 heteroatoms. The number of hydrogen-bond acceptors (Lipinski definition) is 3. The summed E-state index contributed by atoms with van der Waals surface area (Å²) < 4.78 is 5.03. The molecule has 0 spiro atoms. The number of rotatable bonds is 9. The normalized spacial score (nSPS) is 13.5. The van der Waals surface area contributed by atoms with E-state index < -0.39 is 10.7 Å². The van der Waals surface area contributed by atoms with Crippen LogP contribution in [0, 0.1) is 0 Å². The predicted octanol–water partition coefficient (Wildman–Crippen LogP) is 7.18. The van der Waals surface area contributed by atoms with Crippen molar-refractivity contribution in [1.82, 2.24) is 0 Å². The van der Waals surface area contributed by atoms with Crippen LogP contribution in [0.3, 0.4) is 0 Å². The quantitative estimate of drug-likeness (QED) is 0.364. The third kappa shape index (κ3) is 6.02. The van der Waals surface area contributed by atoms with E-state index in [9.17, 15) is 9.90 Å². The highest BCUT2D eigenvalue weighted by Gasteiger charge is 2.32. The molecule has 0 unspecified atom stereocenters. The van der Waals surface area contributed by atoms with Gasteiger partial charge in [-0.3, -0.25) is 4.79 Å². The van der Waals surface area contributed by atoms with Crippen LogP contribution in [0.1, 0.15) is 32.8 Å². The van der Waals surface area contributed by atoms with Crippen LogP contribution in [-0.4, -0.2) is 22.4 Å². The molecule has 0 heterocycles. The minimum Gasteiger partial charge on any atom is -0.490 e. The first kappa shape index (κ1) is 22.7. The van der Waals surface area contributed by atoms with Crippen molar-refractivity contribution >= 4 is 23.3 Å². The maximum Gasteiger partial charge on any atom is 0.319 e. The first-order valence-electron chi connectivity index (χ1n) is 10.4. The summed E-state index contributed by atoms with van der Waals surface area (Å²) in [5, 5.41) is 9.43. The molecule has 0 aliphatic rings. The monoisotopic (exact) mass is 432 g/mol. The molecule has 3 rings (SSSR count). The van der Waals surface area contributed by atoms with Crippen molar-refractivity contribution in [2.45, 2.75) is 36.8 Å². The molecule has 0 bridgehead atoms. The van der Waals surface area contributed by atoms with Crippen LogP contribution in [-0.2, 0) is 4.79 Å². The second kappa shape index (κ2) is 10.4. The number of allylic oxidation sites excluding steroid dienone is 1. The fraction of sp³-hybridized carbons (Fsp3) is 0.222. The fourth-order valence-electron chi connectivity index (χ4n) is 3.07. The fourth-order valence-corrected chi connectivity index (χ4v) is 4.09. The van der Waals surface area contributed by atoms with E-state index >= 15 is 0 Å². The molecule has 1 N–H and O–H groups in total. The summed E-state index contributed by atoms with van der Waals surface area (Å²) in [5.74, 6) is -0.0286. The first-order valence-corrected chi connectivity index (χ1v) is 11.2. The Bertz CT molecular complexity index is 1020. The van der Waals surface area contributed by atoms with Crippen LogP contribution in [0.2, 0.25) is 0 Å². The van der Waals surface area contributed by atoms with Gasteiger partial charge in [0.05, 0.1) is 0 Å². The van der Waals surface area contributed by atoms with Crippen LogP contribution in [0.4, 0.5) is 0 Å². The minimum absolute atomic E-state index is 0.473. The Hall–Kier alpha value is -2.98. The zero-order chi connectivity index (χ0) is 22.3. The van der Waals surface area contributed by atoms with E-state index in [1.54, 1.807) is 6.92 Å². The van der Waals surface area contributed by atoms with Gasteiger partial charge in [0, 0.05) is 4.90 Å². The Morgan fingerprint density at radius 2 is 1.58 bits per heavy atom. The molecular weight excluding hydrogens is 404 g/mol. The largest absolute Gasteiger partial charge is 0.490 e. The number of carbonyl (C=O) groups is 1. The Morgan fingerprint density at radius 1 is 0.968 bits per heavy atom. The summed E-state index contributed by atoms with van der Waals surface area (Å²) in [6.45, 7) is 6.20. The minimum atomic E-state index is -0.821. The van der Waals surface area contributed by atoms with Crippen molar-refractivity contribution in [1.29, 1.82) is 0 Å². The average molecular weight is 433 g/mol. The molecule has 160 valence electrons. The third-order valence-corrected chi connectivity index (χ3v) is 6.80. The molecular formula is C27H28O3S. The maximum atomic E-state index is 11.5. The molecule has 3 aromatic rings. The van der Waals surface area contributed by atoms with Gasteiger partial charge in [-0.25, -0.2) is 0 Å². The third-order valence-electron chi connectivity index (χ3n) is 5.38. The van der Waals surface area contributed by atoms with E-state index in [1.807, 2.05) is 49.4 Å².